The third kappa shape index (κ3) is 2.60. The van der Waals surface area contributed by atoms with Gasteiger partial charge in [-0.1, -0.05) is 29.8 Å². The Morgan fingerprint density at radius 1 is 1.41 bits per heavy atom. The summed E-state index contributed by atoms with van der Waals surface area (Å²) in [4.78, 5) is 14.0. The SMILES string of the molecule is CC(C)c1c[nH]c2c(C(=O)[O-])cc(Br)cc12.[Li+]. The van der Waals surface area contributed by atoms with E-state index in [1.807, 2.05) is 12.3 Å². The summed E-state index contributed by atoms with van der Waals surface area (Å²) < 4.78 is 0.751. The summed E-state index contributed by atoms with van der Waals surface area (Å²) >= 11 is 3.31. The Morgan fingerprint density at radius 3 is 2.59 bits per heavy atom. The fraction of sp³-hybridized carbons (Fsp3) is 0.250. The number of fused-ring (bicyclic) bond motifs is 1. The fourth-order valence-electron chi connectivity index (χ4n) is 1.86. The van der Waals surface area contributed by atoms with Gasteiger partial charge in [0.2, 0.25) is 0 Å². The van der Waals surface area contributed by atoms with E-state index in [9.17, 15) is 9.90 Å². The van der Waals surface area contributed by atoms with Crippen molar-refractivity contribution in [2.45, 2.75) is 19.8 Å². The van der Waals surface area contributed by atoms with Crippen LogP contribution >= 0.6 is 15.9 Å². The molecule has 2 rings (SSSR count). The number of nitrogens with one attached hydrogen (secondary N) is 1. The summed E-state index contributed by atoms with van der Waals surface area (Å²) in [5, 5.41) is 11.9. The molecule has 0 aliphatic heterocycles. The number of benzene rings is 1. The number of halogens is 1. The minimum atomic E-state index is -1.16. The van der Waals surface area contributed by atoms with Crippen LogP contribution in [0.5, 0.6) is 0 Å². The van der Waals surface area contributed by atoms with Crippen molar-refractivity contribution in [3.05, 3.63) is 33.9 Å². The Labute approximate surface area is 120 Å². The quantitative estimate of drug-likeness (QED) is 0.752. The molecule has 5 heteroatoms. The van der Waals surface area contributed by atoms with Gasteiger partial charge in [-0.25, -0.2) is 0 Å². The molecule has 0 amide bonds. The Morgan fingerprint density at radius 2 is 2.06 bits per heavy atom. The average Bonchev–Trinajstić information content (AvgIpc) is 2.59. The van der Waals surface area contributed by atoms with Gasteiger partial charge in [0, 0.05) is 21.6 Å². The summed E-state index contributed by atoms with van der Waals surface area (Å²) in [7, 11) is 0. The van der Waals surface area contributed by atoms with Gasteiger partial charge in [0.1, 0.15) is 0 Å². The van der Waals surface area contributed by atoms with E-state index in [0.717, 1.165) is 15.4 Å². The number of carbonyl (C=O) groups excluding carboxylic acids is 1. The number of carboxylic acids is 1. The van der Waals surface area contributed by atoms with Gasteiger partial charge in [-0.2, -0.15) is 0 Å². The normalized spacial score (nSPS) is 10.6. The first-order valence-electron chi connectivity index (χ1n) is 5.02. The van der Waals surface area contributed by atoms with Crippen LogP contribution in [0.3, 0.4) is 0 Å². The summed E-state index contributed by atoms with van der Waals surface area (Å²) in [6.45, 7) is 4.14. The largest absolute Gasteiger partial charge is 1.00 e. The summed E-state index contributed by atoms with van der Waals surface area (Å²) in [6.07, 6.45) is 1.86. The molecule has 0 aliphatic carbocycles. The number of aromatic carboxylic acids is 1. The first kappa shape index (κ1) is 14.4. The van der Waals surface area contributed by atoms with Crippen LogP contribution in [0.1, 0.15) is 35.7 Å². The topological polar surface area (TPSA) is 55.9 Å². The van der Waals surface area contributed by atoms with E-state index in [2.05, 4.69) is 34.8 Å². The van der Waals surface area contributed by atoms with Crippen LogP contribution in [-0.4, -0.2) is 11.0 Å². The van der Waals surface area contributed by atoms with Crippen LogP contribution in [0.4, 0.5) is 0 Å². The minimum Gasteiger partial charge on any atom is -0.545 e. The Bertz CT molecular complexity index is 563. The summed E-state index contributed by atoms with van der Waals surface area (Å²) in [5.41, 5.74) is 1.93. The smallest absolute Gasteiger partial charge is 0.545 e. The van der Waals surface area contributed by atoms with Crippen LogP contribution in [0.15, 0.2) is 22.8 Å². The second-order valence-corrected chi connectivity index (χ2v) is 4.98. The number of aromatic amines is 1. The van der Waals surface area contributed by atoms with Crippen LogP contribution in [0.2, 0.25) is 0 Å². The molecule has 1 N–H and O–H groups in total. The van der Waals surface area contributed by atoms with Crippen LogP contribution < -0.4 is 24.0 Å². The van der Waals surface area contributed by atoms with Crippen LogP contribution in [0, 0.1) is 0 Å². The molecule has 0 atom stereocenters. The van der Waals surface area contributed by atoms with Crippen molar-refractivity contribution in [3.63, 3.8) is 0 Å². The van der Waals surface area contributed by atoms with Crippen molar-refractivity contribution in [2.24, 2.45) is 0 Å². The number of aromatic nitrogens is 1. The number of carboxylic acid groups (broad SMARTS) is 1. The van der Waals surface area contributed by atoms with Crippen molar-refractivity contribution >= 4 is 32.8 Å². The van der Waals surface area contributed by atoms with E-state index in [1.54, 1.807) is 6.07 Å². The third-order valence-corrected chi connectivity index (χ3v) is 3.09. The van der Waals surface area contributed by atoms with Gasteiger partial charge in [0.05, 0.1) is 11.5 Å². The van der Waals surface area contributed by atoms with Gasteiger partial charge in [-0.3, -0.25) is 0 Å². The fourth-order valence-corrected chi connectivity index (χ4v) is 2.31. The molecule has 0 saturated heterocycles. The van der Waals surface area contributed by atoms with Gasteiger partial charge in [0.15, 0.2) is 0 Å². The molecule has 17 heavy (non-hydrogen) atoms. The predicted octanol–water partition coefficient (Wildman–Crippen LogP) is -0.579. The standard InChI is InChI=1S/C12H12BrNO2.Li/c1-6(2)10-5-14-11-8(10)3-7(13)4-9(11)12(15)16;/h3-6,14H,1-2H3,(H,15,16);/q;+1/p-1. The maximum absolute atomic E-state index is 11.0. The zero-order valence-corrected chi connectivity index (χ0v) is 11.6. The number of H-pyrrole nitrogens is 1. The molecule has 0 unspecified atom stereocenters. The minimum absolute atomic E-state index is 0. The number of hydrogen-bond acceptors (Lipinski definition) is 2. The van der Waals surface area contributed by atoms with E-state index in [4.69, 9.17) is 0 Å². The van der Waals surface area contributed by atoms with E-state index in [1.165, 1.54) is 0 Å². The molecule has 0 fully saturated rings. The second kappa shape index (κ2) is 5.30. The Balaban J connectivity index is 0.00000144. The molecular formula is C12H11BrLiNO2. The maximum atomic E-state index is 11.0. The molecule has 0 saturated carbocycles. The molecule has 0 aliphatic rings. The van der Waals surface area contributed by atoms with Crippen molar-refractivity contribution in [1.82, 2.24) is 4.98 Å². The van der Waals surface area contributed by atoms with Gasteiger partial charge < -0.3 is 14.9 Å². The van der Waals surface area contributed by atoms with Gasteiger partial charge in [-0.15, -0.1) is 0 Å². The molecule has 3 nitrogen and oxygen atoms in total. The van der Waals surface area contributed by atoms with Crippen molar-refractivity contribution in [3.8, 4) is 0 Å². The van der Waals surface area contributed by atoms with E-state index in [-0.39, 0.29) is 24.4 Å². The van der Waals surface area contributed by atoms with E-state index in [0.29, 0.717) is 11.4 Å². The first-order valence-corrected chi connectivity index (χ1v) is 5.82. The van der Waals surface area contributed by atoms with Crippen molar-refractivity contribution in [2.75, 3.05) is 0 Å². The average molecular weight is 288 g/mol. The third-order valence-electron chi connectivity index (χ3n) is 2.63. The Hall–Kier alpha value is -0.693. The van der Waals surface area contributed by atoms with Gasteiger partial charge in [0.25, 0.3) is 0 Å². The molecule has 0 bridgehead atoms. The molecule has 84 valence electrons. The summed E-state index contributed by atoms with van der Waals surface area (Å²) in [5.74, 6) is -0.818. The van der Waals surface area contributed by atoms with Crippen LogP contribution in [0.25, 0.3) is 10.9 Å². The molecule has 1 aromatic carbocycles. The molecule has 1 heterocycles. The van der Waals surface area contributed by atoms with E-state index < -0.39 is 5.97 Å². The first-order chi connectivity index (χ1) is 7.50. The zero-order chi connectivity index (χ0) is 11.9. The van der Waals surface area contributed by atoms with E-state index >= 15 is 0 Å². The monoisotopic (exact) mass is 287 g/mol. The summed E-state index contributed by atoms with van der Waals surface area (Å²) in [6, 6.07) is 3.48. The molecular weight excluding hydrogens is 277 g/mol. The van der Waals surface area contributed by atoms with Crippen molar-refractivity contribution < 1.29 is 28.8 Å². The molecule has 0 radical (unpaired) electrons. The number of carbonyl (C=O) groups is 1. The number of rotatable bonds is 2. The second-order valence-electron chi connectivity index (χ2n) is 4.06. The molecule has 1 aromatic heterocycles. The molecule has 0 spiro atoms. The van der Waals surface area contributed by atoms with Gasteiger partial charge in [-0.05, 0) is 23.6 Å². The van der Waals surface area contributed by atoms with Crippen molar-refractivity contribution in [1.29, 1.82) is 0 Å². The van der Waals surface area contributed by atoms with Gasteiger partial charge >= 0.3 is 18.9 Å². The maximum Gasteiger partial charge on any atom is 1.00 e. The zero-order valence-electron chi connectivity index (χ0n) is 10.0. The Kier molecular flexibility index (Phi) is 4.48. The van der Waals surface area contributed by atoms with Crippen LogP contribution in [-0.2, 0) is 0 Å². The number of hydrogen-bond donors (Lipinski definition) is 1. The molecule has 2 aromatic rings. The predicted molar refractivity (Wildman–Crippen MR) is 64.4 cm³/mol.